The lowest BCUT2D eigenvalue weighted by atomic mass is 10.1. The van der Waals surface area contributed by atoms with Gasteiger partial charge in [0.2, 0.25) is 0 Å². The van der Waals surface area contributed by atoms with Gasteiger partial charge in [-0.3, -0.25) is 0 Å². The Morgan fingerprint density at radius 2 is 2.54 bits per heavy atom. The van der Waals surface area contributed by atoms with E-state index in [2.05, 4.69) is 15.3 Å². The summed E-state index contributed by atoms with van der Waals surface area (Å²) in [5.74, 6) is 0.768. The third-order valence-electron chi connectivity index (χ3n) is 2.14. The molecule has 0 spiro atoms. The van der Waals surface area contributed by atoms with Crippen LogP contribution in [-0.2, 0) is 24.3 Å². The van der Waals surface area contributed by atoms with Gasteiger partial charge in [0.15, 0.2) is 5.82 Å². The van der Waals surface area contributed by atoms with Crippen molar-refractivity contribution in [1.82, 2.24) is 15.3 Å². The van der Waals surface area contributed by atoms with Gasteiger partial charge in [-0.2, -0.15) is 0 Å². The van der Waals surface area contributed by atoms with Gasteiger partial charge < -0.3 is 10.1 Å². The van der Waals surface area contributed by atoms with E-state index in [0.29, 0.717) is 6.61 Å². The molecule has 2 rings (SSSR count). The molecule has 13 heavy (non-hydrogen) atoms. The first kappa shape index (κ1) is 8.59. The molecular weight excluding hydrogens is 166 g/mol. The van der Waals surface area contributed by atoms with Crippen molar-refractivity contribution in [2.45, 2.75) is 19.6 Å². The van der Waals surface area contributed by atoms with E-state index in [9.17, 15) is 0 Å². The van der Waals surface area contributed by atoms with Crippen molar-refractivity contribution in [3.8, 4) is 0 Å². The highest BCUT2D eigenvalue weighted by atomic mass is 16.5. The van der Waals surface area contributed by atoms with E-state index in [1.165, 1.54) is 5.56 Å². The van der Waals surface area contributed by atoms with Gasteiger partial charge >= 0.3 is 0 Å². The van der Waals surface area contributed by atoms with Crippen LogP contribution in [0.4, 0.5) is 0 Å². The molecule has 0 aliphatic carbocycles. The van der Waals surface area contributed by atoms with Gasteiger partial charge in [0.25, 0.3) is 0 Å². The second kappa shape index (κ2) is 3.81. The summed E-state index contributed by atoms with van der Waals surface area (Å²) in [6.45, 7) is 2.38. The third kappa shape index (κ3) is 1.84. The Kier molecular flexibility index (Phi) is 2.52. The maximum Gasteiger partial charge on any atom is 0.154 e. The largest absolute Gasteiger partial charge is 0.377 e. The molecule has 1 aliphatic heterocycles. The van der Waals surface area contributed by atoms with Gasteiger partial charge in [0.05, 0.1) is 5.69 Å². The number of fused-ring (bicyclic) bond motifs is 1. The van der Waals surface area contributed by atoms with E-state index in [1.54, 1.807) is 7.11 Å². The fourth-order valence-corrected chi connectivity index (χ4v) is 1.47. The molecule has 0 saturated heterocycles. The van der Waals surface area contributed by atoms with Crippen molar-refractivity contribution in [3.05, 3.63) is 23.3 Å². The first-order chi connectivity index (χ1) is 6.40. The van der Waals surface area contributed by atoms with Crippen LogP contribution in [0, 0.1) is 0 Å². The lowest BCUT2D eigenvalue weighted by molar-refractivity contribution is 0.177. The summed E-state index contributed by atoms with van der Waals surface area (Å²) < 4.78 is 4.97. The quantitative estimate of drug-likeness (QED) is 0.708. The van der Waals surface area contributed by atoms with Gasteiger partial charge in [0, 0.05) is 19.9 Å². The minimum atomic E-state index is 0.493. The molecule has 1 aliphatic rings. The van der Waals surface area contributed by atoms with Crippen LogP contribution in [0.1, 0.15) is 17.1 Å². The highest BCUT2D eigenvalue weighted by Crippen LogP contribution is 2.09. The zero-order valence-corrected chi connectivity index (χ0v) is 7.71. The van der Waals surface area contributed by atoms with Gasteiger partial charge in [-0.1, -0.05) is 0 Å². The van der Waals surface area contributed by atoms with Crippen molar-refractivity contribution in [1.29, 1.82) is 0 Å². The topological polar surface area (TPSA) is 47.0 Å². The number of rotatable bonds is 2. The van der Waals surface area contributed by atoms with Gasteiger partial charge in [-0.05, 0) is 18.5 Å². The van der Waals surface area contributed by atoms with E-state index in [0.717, 1.165) is 31.0 Å². The Morgan fingerprint density at radius 1 is 1.62 bits per heavy atom. The van der Waals surface area contributed by atoms with E-state index in [4.69, 9.17) is 4.74 Å². The summed E-state index contributed by atoms with van der Waals surface area (Å²) in [6.07, 6.45) is 2.94. The molecule has 0 saturated carbocycles. The lowest BCUT2D eigenvalue weighted by Crippen LogP contribution is -2.25. The Hall–Kier alpha value is -1.00. The van der Waals surface area contributed by atoms with Crippen LogP contribution in [0.5, 0.6) is 0 Å². The average Bonchev–Trinajstić information content (AvgIpc) is 2.18. The average molecular weight is 179 g/mol. The highest BCUT2D eigenvalue weighted by molar-refractivity contribution is 5.20. The fraction of sp³-hybridized carbons (Fsp3) is 0.556. The molecule has 2 heterocycles. The summed E-state index contributed by atoms with van der Waals surface area (Å²) in [5.41, 5.74) is 2.38. The van der Waals surface area contributed by atoms with Crippen LogP contribution < -0.4 is 5.32 Å². The highest BCUT2D eigenvalue weighted by Gasteiger charge is 2.10. The number of nitrogens with zero attached hydrogens (tertiary/aromatic N) is 2. The van der Waals surface area contributed by atoms with Crippen LogP contribution in [0.25, 0.3) is 0 Å². The first-order valence-corrected chi connectivity index (χ1v) is 4.43. The van der Waals surface area contributed by atoms with Gasteiger partial charge in [0.1, 0.15) is 6.61 Å². The standard InChI is InChI=1S/C9H13N3O/c1-13-6-9-11-4-7-2-3-10-5-8(7)12-9/h4,10H,2-3,5-6H2,1H3. The van der Waals surface area contributed by atoms with Gasteiger partial charge in [-0.25, -0.2) is 9.97 Å². The molecule has 4 nitrogen and oxygen atoms in total. The normalized spacial score (nSPS) is 15.5. The predicted molar refractivity (Wildman–Crippen MR) is 48.2 cm³/mol. The van der Waals surface area contributed by atoms with E-state index in [1.807, 2.05) is 6.20 Å². The smallest absolute Gasteiger partial charge is 0.154 e. The number of methoxy groups -OCH3 is 1. The molecule has 0 fully saturated rings. The minimum absolute atomic E-state index is 0.493. The Balaban J connectivity index is 2.24. The van der Waals surface area contributed by atoms with Crippen molar-refractivity contribution < 1.29 is 4.74 Å². The Bertz CT molecular complexity index is 301. The minimum Gasteiger partial charge on any atom is -0.377 e. The van der Waals surface area contributed by atoms with Crippen LogP contribution in [0.2, 0.25) is 0 Å². The number of aromatic nitrogens is 2. The summed E-state index contributed by atoms with van der Waals surface area (Å²) in [7, 11) is 1.65. The summed E-state index contributed by atoms with van der Waals surface area (Å²) in [5, 5.41) is 3.28. The zero-order valence-electron chi connectivity index (χ0n) is 7.71. The SMILES string of the molecule is COCc1ncc2c(n1)CNCC2. The first-order valence-electron chi connectivity index (χ1n) is 4.43. The van der Waals surface area contributed by atoms with Crippen LogP contribution >= 0.6 is 0 Å². The maximum absolute atomic E-state index is 4.97. The number of hydrogen-bond donors (Lipinski definition) is 1. The molecule has 0 atom stereocenters. The lowest BCUT2D eigenvalue weighted by Gasteiger charge is -2.15. The van der Waals surface area contributed by atoms with Crippen molar-refractivity contribution in [3.63, 3.8) is 0 Å². The molecule has 0 amide bonds. The summed E-state index contributed by atoms with van der Waals surface area (Å²) in [4.78, 5) is 8.62. The zero-order chi connectivity index (χ0) is 9.10. The third-order valence-corrected chi connectivity index (χ3v) is 2.14. The molecule has 1 aromatic rings. The Labute approximate surface area is 77.4 Å². The molecule has 0 aromatic carbocycles. The van der Waals surface area contributed by atoms with Gasteiger partial charge in [-0.15, -0.1) is 0 Å². The molecule has 4 heteroatoms. The van der Waals surface area contributed by atoms with E-state index >= 15 is 0 Å². The van der Waals surface area contributed by atoms with Crippen LogP contribution in [0.3, 0.4) is 0 Å². The van der Waals surface area contributed by atoms with Crippen molar-refractivity contribution in [2.24, 2.45) is 0 Å². The van der Waals surface area contributed by atoms with Crippen LogP contribution in [-0.4, -0.2) is 23.6 Å². The summed E-state index contributed by atoms with van der Waals surface area (Å²) in [6, 6.07) is 0. The summed E-state index contributed by atoms with van der Waals surface area (Å²) >= 11 is 0. The molecule has 1 N–H and O–H groups in total. The van der Waals surface area contributed by atoms with Crippen molar-refractivity contribution in [2.75, 3.05) is 13.7 Å². The van der Waals surface area contributed by atoms with E-state index in [-0.39, 0.29) is 0 Å². The second-order valence-electron chi connectivity index (χ2n) is 3.12. The molecule has 1 aromatic heterocycles. The molecular formula is C9H13N3O. The molecule has 70 valence electrons. The number of hydrogen-bond acceptors (Lipinski definition) is 4. The molecule has 0 radical (unpaired) electrons. The number of nitrogens with one attached hydrogen (secondary N) is 1. The van der Waals surface area contributed by atoms with Crippen molar-refractivity contribution >= 4 is 0 Å². The fourth-order valence-electron chi connectivity index (χ4n) is 1.47. The Morgan fingerprint density at radius 3 is 3.38 bits per heavy atom. The maximum atomic E-state index is 4.97. The monoisotopic (exact) mass is 179 g/mol. The van der Waals surface area contributed by atoms with Crippen LogP contribution in [0.15, 0.2) is 6.20 Å². The molecule has 0 bridgehead atoms. The molecule has 0 unspecified atom stereocenters. The second-order valence-corrected chi connectivity index (χ2v) is 3.12. The number of ether oxygens (including phenoxy) is 1. The van der Waals surface area contributed by atoms with E-state index < -0.39 is 0 Å². The predicted octanol–water partition coefficient (Wildman–Crippen LogP) is 0.269.